The van der Waals surface area contributed by atoms with E-state index in [4.69, 9.17) is 0 Å². The van der Waals surface area contributed by atoms with E-state index < -0.39 is 12.2 Å². The van der Waals surface area contributed by atoms with Crippen molar-refractivity contribution in [3.05, 3.63) is 42.0 Å². The topological polar surface area (TPSA) is 40.5 Å². The van der Waals surface area contributed by atoms with Gasteiger partial charge in [-0.3, -0.25) is 0 Å². The number of benzene rings is 1. The van der Waals surface area contributed by atoms with Crippen molar-refractivity contribution < 1.29 is 10.2 Å². The summed E-state index contributed by atoms with van der Waals surface area (Å²) in [5.74, 6) is 2.15. The predicted octanol–water partition coefficient (Wildman–Crippen LogP) is 5.30. The van der Waals surface area contributed by atoms with E-state index in [0.29, 0.717) is 17.8 Å². The Morgan fingerprint density at radius 3 is 2.39 bits per heavy atom. The van der Waals surface area contributed by atoms with E-state index in [1.165, 1.54) is 36.8 Å². The number of aliphatic hydroxyl groups excluding tert-OH is 2. The third-order valence-corrected chi connectivity index (χ3v) is 9.68. The van der Waals surface area contributed by atoms with Gasteiger partial charge in [0, 0.05) is 0 Å². The zero-order chi connectivity index (χ0) is 19.7. The monoisotopic (exact) mass is 380 g/mol. The lowest BCUT2D eigenvalue weighted by Crippen LogP contribution is -2.63. The molecule has 4 aliphatic rings. The van der Waals surface area contributed by atoms with Crippen LogP contribution < -0.4 is 0 Å². The third kappa shape index (κ3) is 2.46. The molecule has 0 bridgehead atoms. The largest absolute Gasteiger partial charge is 0.390 e. The molecule has 1 unspecified atom stereocenters. The van der Waals surface area contributed by atoms with Crippen molar-refractivity contribution in [1.29, 1.82) is 0 Å². The molecular weight excluding hydrogens is 344 g/mol. The molecule has 1 aromatic rings. The van der Waals surface area contributed by atoms with Crippen LogP contribution in [-0.4, -0.2) is 22.4 Å². The molecule has 0 spiro atoms. The fourth-order valence-corrected chi connectivity index (χ4v) is 8.10. The molecule has 2 nitrogen and oxygen atoms in total. The fourth-order valence-electron chi connectivity index (χ4n) is 8.10. The molecule has 2 N–H and O–H groups in total. The highest BCUT2D eigenvalue weighted by Crippen LogP contribution is 2.67. The summed E-state index contributed by atoms with van der Waals surface area (Å²) < 4.78 is 0. The van der Waals surface area contributed by atoms with Crippen LogP contribution in [0.3, 0.4) is 0 Å². The SMILES string of the molecule is C[C@H]1CC[C@@]2(C)[C@H](C1)[C@@H](O)[C@H](O)C1[C@@H]2CC[C@]2(C)C(c3ccccc3)=CC[C@@H]12. The lowest BCUT2D eigenvalue weighted by Gasteiger charge is -2.63. The van der Waals surface area contributed by atoms with Gasteiger partial charge in [0.05, 0.1) is 12.2 Å². The highest BCUT2D eigenvalue weighted by Gasteiger charge is 2.63. The molecular formula is C26H36O2. The number of allylic oxidation sites excluding steroid dienone is 2. The van der Waals surface area contributed by atoms with Gasteiger partial charge < -0.3 is 10.2 Å². The Bertz CT molecular complexity index is 770. The molecule has 3 saturated carbocycles. The molecule has 0 amide bonds. The van der Waals surface area contributed by atoms with Gasteiger partial charge in [0.25, 0.3) is 0 Å². The summed E-state index contributed by atoms with van der Waals surface area (Å²) in [6.45, 7) is 7.19. The zero-order valence-corrected chi connectivity index (χ0v) is 17.6. The second-order valence-electron chi connectivity index (χ2n) is 10.9. The van der Waals surface area contributed by atoms with Crippen LogP contribution in [-0.2, 0) is 0 Å². The quantitative estimate of drug-likeness (QED) is 0.694. The predicted molar refractivity (Wildman–Crippen MR) is 113 cm³/mol. The highest BCUT2D eigenvalue weighted by molar-refractivity contribution is 5.72. The average Bonchev–Trinajstić information content (AvgIpc) is 3.05. The molecule has 0 saturated heterocycles. The third-order valence-electron chi connectivity index (χ3n) is 9.68. The van der Waals surface area contributed by atoms with Gasteiger partial charge in [-0.25, -0.2) is 0 Å². The van der Waals surface area contributed by atoms with Crippen LogP contribution in [0, 0.1) is 40.4 Å². The van der Waals surface area contributed by atoms with Gasteiger partial charge >= 0.3 is 0 Å². The number of hydrogen-bond acceptors (Lipinski definition) is 2. The van der Waals surface area contributed by atoms with E-state index >= 15 is 0 Å². The van der Waals surface area contributed by atoms with Gasteiger partial charge in [0.15, 0.2) is 0 Å². The molecule has 2 heteroatoms. The lowest BCUT2D eigenvalue weighted by atomic mass is 9.43. The second-order valence-corrected chi connectivity index (χ2v) is 10.9. The van der Waals surface area contributed by atoms with Crippen LogP contribution in [0.25, 0.3) is 5.57 Å². The van der Waals surface area contributed by atoms with Gasteiger partial charge in [0.2, 0.25) is 0 Å². The zero-order valence-electron chi connectivity index (χ0n) is 17.6. The highest BCUT2D eigenvalue weighted by atomic mass is 16.3. The molecule has 4 aliphatic carbocycles. The summed E-state index contributed by atoms with van der Waals surface area (Å²) in [5.41, 5.74) is 3.12. The van der Waals surface area contributed by atoms with Crippen LogP contribution in [0.4, 0.5) is 0 Å². The smallest absolute Gasteiger partial charge is 0.0836 e. The van der Waals surface area contributed by atoms with Crippen molar-refractivity contribution in [2.24, 2.45) is 40.4 Å². The van der Waals surface area contributed by atoms with Gasteiger partial charge in [-0.15, -0.1) is 0 Å². The Morgan fingerprint density at radius 1 is 0.893 bits per heavy atom. The lowest BCUT2D eigenvalue weighted by molar-refractivity contribution is -0.212. The van der Waals surface area contributed by atoms with E-state index in [0.717, 1.165) is 12.8 Å². The Labute approximate surface area is 170 Å². The van der Waals surface area contributed by atoms with E-state index in [-0.39, 0.29) is 22.7 Å². The molecule has 0 aromatic heterocycles. The molecule has 0 radical (unpaired) electrons. The van der Waals surface area contributed by atoms with E-state index in [2.05, 4.69) is 57.2 Å². The maximum Gasteiger partial charge on any atom is 0.0836 e. The van der Waals surface area contributed by atoms with Crippen LogP contribution in [0.15, 0.2) is 36.4 Å². The first-order valence-corrected chi connectivity index (χ1v) is 11.5. The van der Waals surface area contributed by atoms with Gasteiger partial charge in [-0.05, 0) is 83.7 Å². The first kappa shape index (κ1) is 18.9. The molecule has 3 fully saturated rings. The molecule has 28 heavy (non-hydrogen) atoms. The van der Waals surface area contributed by atoms with Gasteiger partial charge in [-0.2, -0.15) is 0 Å². The van der Waals surface area contributed by atoms with Crippen molar-refractivity contribution in [2.75, 3.05) is 0 Å². The van der Waals surface area contributed by atoms with Crippen molar-refractivity contribution >= 4 is 5.57 Å². The molecule has 9 atom stereocenters. The van der Waals surface area contributed by atoms with Crippen molar-refractivity contribution in [1.82, 2.24) is 0 Å². The summed E-state index contributed by atoms with van der Waals surface area (Å²) in [5, 5.41) is 22.6. The maximum absolute atomic E-state index is 11.4. The number of rotatable bonds is 1. The summed E-state index contributed by atoms with van der Waals surface area (Å²) in [7, 11) is 0. The second kappa shape index (κ2) is 6.44. The van der Waals surface area contributed by atoms with Gasteiger partial charge in [-0.1, -0.05) is 63.6 Å². The molecule has 5 rings (SSSR count). The summed E-state index contributed by atoms with van der Waals surface area (Å²) >= 11 is 0. The Balaban J connectivity index is 1.51. The van der Waals surface area contributed by atoms with Crippen LogP contribution >= 0.6 is 0 Å². The molecule has 1 aromatic carbocycles. The standard InChI is InChI=1S/C26H36O2/c1-16-11-13-26(3)20-12-14-25(2)18(17-7-5-4-6-8-17)9-10-19(25)22(20)24(28)23(27)21(26)15-16/h4-9,16,19-24,27-28H,10-15H2,1-3H3/t16-,19-,20-,21+,22?,23+,24+,25+,26+/m0/s1. The normalized spacial score (nSPS) is 50.3. The average molecular weight is 381 g/mol. The van der Waals surface area contributed by atoms with E-state index in [1.54, 1.807) is 0 Å². The van der Waals surface area contributed by atoms with E-state index in [1.807, 2.05) is 0 Å². The first-order valence-electron chi connectivity index (χ1n) is 11.5. The van der Waals surface area contributed by atoms with Crippen molar-refractivity contribution in [3.8, 4) is 0 Å². The summed E-state index contributed by atoms with van der Waals surface area (Å²) in [6, 6.07) is 10.8. The molecule has 152 valence electrons. The Morgan fingerprint density at radius 2 is 1.64 bits per heavy atom. The number of fused-ring (bicyclic) bond motifs is 5. The van der Waals surface area contributed by atoms with Crippen LogP contribution in [0.1, 0.15) is 64.9 Å². The Kier molecular flexibility index (Phi) is 4.34. The number of hydrogen-bond donors (Lipinski definition) is 2. The summed E-state index contributed by atoms with van der Waals surface area (Å²) in [4.78, 5) is 0. The fraction of sp³-hybridized carbons (Fsp3) is 0.692. The van der Waals surface area contributed by atoms with Crippen molar-refractivity contribution in [2.45, 2.75) is 71.5 Å². The molecule has 0 aliphatic heterocycles. The van der Waals surface area contributed by atoms with Crippen LogP contribution in [0.5, 0.6) is 0 Å². The molecule has 0 heterocycles. The Hall–Kier alpha value is -1.12. The minimum Gasteiger partial charge on any atom is -0.390 e. The summed E-state index contributed by atoms with van der Waals surface area (Å²) in [6.07, 6.45) is 8.32. The van der Waals surface area contributed by atoms with Crippen LogP contribution in [0.2, 0.25) is 0 Å². The maximum atomic E-state index is 11.4. The minimum atomic E-state index is -0.568. The number of aliphatic hydroxyl groups is 2. The van der Waals surface area contributed by atoms with Crippen molar-refractivity contribution in [3.63, 3.8) is 0 Å². The van der Waals surface area contributed by atoms with Gasteiger partial charge in [0.1, 0.15) is 0 Å². The van der Waals surface area contributed by atoms with E-state index in [9.17, 15) is 10.2 Å². The first-order chi connectivity index (χ1) is 13.4. The minimum absolute atomic E-state index is 0.119.